The number of hydrogen-bond donors (Lipinski definition) is 5. The van der Waals surface area contributed by atoms with Crippen LogP contribution in [0.5, 0.6) is 0 Å². The number of aromatic amines is 1. The number of carbonyl (C=O) groups is 1. The van der Waals surface area contributed by atoms with Crippen LogP contribution in [-0.2, 0) is 4.79 Å². The topological polar surface area (TPSA) is 150 Å². The summed E-state index contributed by atoms with van der Waals surface area (Å²) in [7, 11) is 0. The Morgan fingerprint density at radius 1 is 1.45 bits per heavy atom. The van der Waals surface area contributed by atoms with Crippen molar-refractivity contribution in [2.24, 2.45) is 11.7 Å². The van der Waals surface area contributed by atoms with Crippen molar-refractivity contribution in [2.45, 2.75) is 37.8 Å². The fraction of sp³-hybridized carbons (Fsp3) is 0.615. The van der Waals surface area contributed by atoms with Gasteiger partial charge in [0, 0.05) is 18.5 Å². The second kappa shape index (κ2) is 5.48. The molecule has 9 heteroatoms. The summed E-state index contributed by atoms with van der Waals surface area (Å²) in [6, 6.07) is -0.138. The molecule has 3 unspecified atom stereocenters. The van der Waals surface area contributed by atoms with Crippen molar-refractivity contribution in [1.29, 1.82) is 0 Å². The first-order valence-corrected chi connectivity index (χ1v) is 7.33. The van der Waals surface area contributed by atoms with E-state index in [-0.39, 0.29) is 35.9 Å². The van der Waals surface area contributed by atoms with Crippen molar-refractivity contribution in [2.75, 3.05) is 22.6 Å². The minimum absolute atomic E-state index is 0.0208. The predicted octanol–water partition coefficient (Wildman–Crippen LogP) is -0.488. The van der Waals surface area contributed by atoms with Crippen LogP contribution in [0.3, 0.4) is 0 Å². The first kappa shape index (κ1) is 14.6. The molecule has 1 aliphatic heterocycles. The number of nitrogen functional groups attached to an aromatic ring is 1. The standard InChI is InChI=1S/C13H20N6O3/c14-7-3-6(4-9(20)21)1-2-8(7)19-5-16-10-11(19)17-13(15)18-12(10)22/h6-8,16H,1-5,14H2,(H,20,21)(H3,15,17,18,22). The van der Waals surface area contributed by atoms with Crippen LogP contribution in [0.4, 0.5) is 17.5 Å². The van der Waals surface area contributed by atoms with Crippen molar-refractivity contribution < 1.29 is 9.90 Å². The van der Waals surface area contributed by atoms with Crippen LogP contribution in [-0.4, -0.2) is 39.8 Å². The van der Waals surface area contributed by atoms with E-state index in [9.17, 15) is 9.59 Å². The molecule has 9 nitrogen and oxygen atoms in total. The SMILES string of the molecule is Nc1nc2c(c(=O)[nH]1)NCN2C1CCC(CC(=O)O)CC1N. The third-order valence-corrected chi connectivity index (χ3v) is 4.45. The number of aliphatic carboxylic acids is 1. The molecule has 3 rings (SSSR count). The van der Waals surface area contributed by atoms with E-state index >= 15 is 0 Å². The highest BCUT2D eigenvalue weighted by molar-refractivity contribution is 5.71. The molecule has 2 aliphatic rings. The van der Waals surface area contributed by atoms with Gasteiger partial charge in [0.25, 0.3) is 5.56 Å². The highest BCUT2D eigenvalue weighted by atomic mass is 16.4. The predicted molar refractivity (Wildman–Crippen MR) is 81.6 cm³/mol. The van der Waals surface area contributed by atoms with Gasteiger partial charge in [-0.2, -0.15) is 4.98 Å². The summed E-state index contributed by atoms with van der Waals surface area (Å²) in [6.45, 7) is 0.455. The van der Waals surface area contributed by atoms with Gasteiger partial charge < -0.3 is 26.8 Å². The maximum atomic E-state index is 11.9. The number of aromatic nitrogens is 2. The van der Waals surface area contributed by atoms with Crippen LogP contribution < -0.4 is 27.2 Å². The summed E-state index contributed by atoms with van der Waals surface area (Å²) in [5.74, 6) is -0.0789. The van der Waals surface area contributed by atoms with Crippen LogP contribution in [0.25, 0.3) is 0 Å². The first-order valence-electron chi connectivity index (χ1n) is 7.33. The van der Waals surface area contributed by atoms with E-state index < -0.39 is 5.97 Å². The van der Waals surface area contributed by atoms with Crippen molar-refractivity contribution >= 4 is 23.4 Å². The van der Waals surface area contributed by atoms with Crippen molar-refractivity contribution in [3.05, 3.63) is 10.4 Å². The number of H-pyrrole nitrogens is 1. The quantitative estimate of drug-likeness (QED) is 0.502. The summed E-state index contributed by atoms with van der Waals surface area (Å²) in [5, 5.41) is 11.9. The van der Waals surface area contributed by atoms with E-state index in [4.69, 9.17) is 16.6 Å². The Morgan fingerprint density at radius 3 is 2.91 bits per heavy atom. The second-order valence-electron chi connectivity index (χ2n) is 5.96. The van der Waals surface area contributed by atoms with Gasteiger partial charge in [-0.25, -0.2) is 0 Å². The van der Waals surface area contributed by atoms with Gasteiger partial charge in [-0.3, -0.25) is 14.6 Å². The lowest BCUT2D eigenvalue weighted by Gasteiger charge is -2.39. The molecular formula is C13H20N6O3. The number of rotatable bonds is 3. The summed E-state index contributed by atoms with van der Waals surface area (Å²) in [5.41, 5.74) is 12.0. The van der Waals surface area contributed by atoms with Gasteiger partial charge >= 0.3 is 5.97 Å². The number of nitrogens with two attached hydrogens (primary N) is 2. The van der Waals surface area contributed by atoms with E-state index in [1.165, 1.54) is 0 Å². The van der Waals surface area contributed by atoms with Crippen LogP contribution in [0.2, 0.25) is 0 Å². The van der Waals surface area contributed by atoms with Gasteiger partial charge in [0.15, 0.2) is 5.82 Å². The molecule has 0 radical (unpaired) electrons. The van der Waals surface area contributed by atoms with Crippen molar-refractivity contribution in [3.8, 4) is 0 Å². The summed E-state index contributed by atoms with van der Waals surface area (Å²) in [4.78, 5) is 31.3. The highest BCUT2D eigenvalue weighted by Crippen LogP contribution is 2.35. The maximum Gasteiger partial charge on any atom is 0.303 e. The Kier molecular flexibility index (Phi) is 3.65. The Morgan fingerprint density at radius 2 is 2.23 bits per heavy atom. The zero-order valence-electron chi connectivity index (χ0n) is 12.1. The third kappa shape index (κ3) is 2.59. The van der Waals surface area contributed by atoms with E-state index in [1.807, 2.05) is 4.90 Å². The first-order chi connectivity index (χ1) is 10.5. The monoisotopic (exact) mass is 308 g/mol. The summed E-state index contributed by atoms with van der Waals surface area (Å²) < 4.78 is 0. The molecule has 0 saturated heterocycles. The summed E-state index contributed by atoms with van der Waals surface area (Å²) >= 11 is 0. The number of anilines is 3. The Hall–Kier alpha value is -2.29. The van der Waals surface area contributed by atoms with Crippen LogP contribution in [0, 0.1) is 5.92 Å². The third-order valence-electron chi connectivity index (χ3n) is 4.45. The number of hydrogen-bond acceptors (Lipinski definition) is 7. The number of carboxylic acids is 1. The van der Waals surface area contributed by atoms with Crippen molar-refractivity contribution in [3.63, 3.8) is 0 Å². The highest BCUT2D eigenvalue weighted by Gasteiger charge is 2.37. The zero-order valence-corrected chi connectivity index (χ0v) is 12.1. The second-order valence-corrected chi connectivity index (χ2v) is 5.96. The van der Waals surface area contributed by atoms with Crippen LogP contribution in [0.15, 0.2) is 4.79 Å². The molecule has 1 fully saturated rings. The van der Waals surface area contributed by atoms with Gasteiger partial charge in [0.1, 0.15) is 5.69 Å². The fourth-order valence-corrected chi connectivity index (χ4v) is 3.46. The molecule has 1 aromatic heterocycles. The molecule has 0 spiro atoms. The van der Waals surface area contributed by atoms with Gasteiger partial charge in [-0.15, -0.1) is 0 Å². The molecule has 3 atom stereocenters. The van der Waals surface area contributed by atoms with Gasteiger partial charge in [0.05, 0.1) is 6.67 Å². The van der Waals surface area contributed by atoms with E-state index in [1.54, 1.807) is 0 Å². The lowest BCUT2D eigenvalue weighted by atomic mass is 9.80. The summed E-state index contributed by atoms with van der Waals surface area (Å²) in [6.07, 6.45) is 2.38. The van der Waals surface area contributed by atoms with Gasteiger partial charge in [-0.05, 0) is 25.2 Å². The Bertz CT molecular complexity index is 645. The molecular weight excluding hydrogens is 288 g/mol. The molecule has 120 valence electrons. The van der Waals surface area contributed by atoms with E-state index in [2.05, 4.69) is 15.3 Å². The van der Waals surface area contributed by atoms with Gasteiger partial charge in [0.2, 0.25) is 5.95 Å². The fourth-order valence-electron chi connectivity index (χ4n) is 3.46. The molecule has 2 heterocycles. The molecule has 0 bridgehead atoms. The molecule has 1 saturated carbocycles. The lowest BCUT2D eigenvalue weighted by molar-refractivity contribution is -0.138. The number of nitrogens with zero attached hydrogens (tertiary/aromatic N) is 2. The number of carboxylic acid groups (broad SMARTS) is 1. The molecule has 0 aromatic carbocycles. The van der Waals surface area contributed by atoms with E-state index in [0.29, 0.717) is 24.6 Å². The Labute approximate surface area is 126 Å². The normalized spacial score (nSPS) is 27.3. The maximum absolute atomic E-state index is 11.9. The molecule has 22 heavy (non-hydrogen) atoms. The van der Waals surface area contributed by atoms with Crippen molar-refractivity contribution in [1.82, 2.24) is 9.97 Å². The lowest BCUT2D eigenvalue weighted by Crippen LogP contribution is -2.51. The largest absolute Gasteiger partial charge is 0.481 e. The average Bonchev–Trinajstić information content (AvgIpc) is 2.82. The zero-order chi connectivity index (χ0) is 15.9. The molecule has 1 aromatic rings. The minimum atomic E-state index is -0.787. The Balaban J connectivity index is 1.78. The molecule has 7 N–H and O–H groups in total. The molecule has 1 aliphatic carbocycles. The van der Waals surface area contributed by atoms with Gasteiger partial charge in [-0.1, -0.05) is 0 Å². The van der Waals surface area contributed by atoms with Crippen LogP contribution >= 0.6 is 0 Å². The molecule has 0 amide bonds. The minimum Gasteiger partial charge on any atom is -0.481 e. The average molecular weight is 308 g/mol. The van der Waals surface area contributed by atoms with Crippen LogP contribution in [0.1, 0.15) is 25.7 Å². The van der Waals surface area contributed by atoms with E-state index in [0.717, 1.165) is 12.8 Å². The smallest absolute Gasteiger partial charge is 0.303 e. The number of fused-ring (bicyclic) bond motifs is 1. The number of nitrogens with one attached hydrogen (secondary N) is 2.